The van der Waals surface area contributed by atoms with Gasteiger partial charge in [-0.25, -0.2) is 4.99 Å². The SMILES string of the molecule is NC1(Cc2ccccc2)C=C(Br)N=C(NCc2ccccc2)C1[N+](=O)[O-]. The molecule has 26 heavy (non-hydrogen) atoms. The number of nitro groups is 1. The van der Waals surface area contributed by atoms with E-state index in [9.17, 15) is 10.1 Å². The zero-order valence-electron chi connectivity index (χ0n) is 14.0. The molecule has 7 heteroatoms. The molecule has 2 aromatic rings. The Morgan fingerprint density at radius 3 is 2.27 bits per heavy atom. The highest BCUT2D eigenvalue weighted by atomic mass is 79.9. The van der Waals surface area contributed by atoms with Gasteiger partial charge in [0.15, 0.2) is 5.84 Å². The second-order valence-electron chi connectivity index (χ2n) is 6.27. The number of nitrogens with one attached hydrogen (secondary N) is 1. The first-order valence-corrected chi connectivity index (χ1v) is 8.98. The number of amidine groups is 1. The van der Waals surface area contributed by atoms with Gasteiger partial charge in [-0.05, 0) is 33.1 Å². The van der Waals surface area contributed by atoms with Crippen molar-refractivity contribution in [3.8, 4) is 0 Å². The molecule has 2 atom stereocenters. The van der Waals surface area contributed by atoms with Crippen molar-refractivity contribution in [1.29, 1.82) is 0 Å². The van der Waals surface area contributed by atoms with Crippen molar-refractivity contribution in [3.63, 3.8) is 0 Å². The van der Waals surface area contributed by atoms with Gasteiger partial charge in [-0.15, -0.1) is 0 Å². The molecule has 0 saturated carbocycles. The average molecular weight is 415 g/mol. The molecule has 2 unspecified atom stereocenters. The summed E-state index contributed by atoms with van der Waals surface area (Å²) in [4.78, 5) is 15.8. The fourth-order valence-corrected chi connectivity index (χ4v) is 3.70. The van der Waals surface area contributed by atoms with Gasteiger partial charge in [0.2, 0.25) is 0 Å². The summed E-state index contributed by atoms with van der Waals surface area (Å²) in [5.41, 5.74) is 7.27. The first kappa shape index (κ1) is 18.3. The highest BCUT2D eigenvalue weighted by molar-refractivity contribution is 9.11. The summed E-state index contributed by atoms with van der Waals surface area (Å²) in [7, 11) is 0. The summed E-state index contributed by atoms with van der Waals surface area (Å²) < 4.78 is 0.490. The van der Waals surface area contributed by atoms with Crippen molar-refractivity contribution in [1.82, 2.24) is 5.32 Å². The van der Waals surface area contributed by atoms with Crippen LogP contribution in [0.2, 0.25) is 0 Å². The Labute approximate surface area is 160 Å². The second kappa shape index (κ2) is 7.80. The van der Waals surface area contributed by atoms with Crippen LogP contribution in [0.5, 0.6) is 0 Å². The maximum absolute atomic E-state index is 11.8. The number of hydrogen-bond donors (Lipinski definition) is 2. The second-order valence-corrected chi connectivity index (χ2v) is 7.08. The van der Waals surface area contributed by atoms with Crippen LogP contribution in [0.3, 0.4) is 0 Å². The van der Waals surface area contributed by atoms with Crippen molar-refractivity contribution >= 4 is 21.8 Å². The number of nitrogens with zero attached hydrogens (tertiary/aromatic N) is 2. The van der Waals surface area contributed by atoms with Gasteiger partial charge >= 0.3 is 0 Å². The minimum absolute atomic E-state index is 0.256. The maximum Gasteiger partial charge on any atom is 0.290 e. The van der Waals surface area contributed by atoms with E-state index in [1.54, 1.807) is 6.08 Å². The molecule has 3 N–H and O–H groups in total. The third-order valence-corrected chi connectivity index (χ3v) is 4.67. The van der Waals surface area contributed by atoms with E-state index < -0.39 is 11.6 Å². The van der Waals surface area contributed by atoms with Crippen molar-refractivity contribution in [2.75, 3.05) is 0 Å². The number of rotatable bonds is 5. The van der Waals surface area contributed by atoms with Gasteiger partial charge in [0, 0.05) is 17.9 Å². The van der Waals surface area contributed by atoms with Crippen LogP contribution < -0.4 is 11.1 Å². The molecule has 1 aliphatic heterocycles. The fourth-order valence-electron chi connectivity index (χ4n) is 3.08. The highest BCUT2D eigenvalue weighted by Gasteiger charge is 2.48. The topological polar surface area (TPSA) is 93.5 Å². The molecule has 0 radical (unpaired) electrons. The van der Waals surface area contributed by atoms with E-state index in [0.717, 1.165) is 11.1 Å². The Kier molecular flexibility index (Phi) is 5.49. The van der Waals surface area contributed by atoms with Crippen LogP contribution in [0.1, 0.15) is 11.1 Å². The van der Waals surface area contributed by atoms with E-state index in [4.69, 9.17) is 5.73 Å². The molecule has 134 valence electrons. The molecular weight excluding hydrogens is 396 g/mol. The van der Waals surface area contributed by atoms with Crippen LogP contribution in [0, 0.1) is 10.1 Å². The zero-order valence-corrected chi connectivity index (χ0v) is 15.6. The monoisotopic (exact) mass is 414 g/mol. The molecule has 2 aromatic carbocycles. The molecule has 3 rings (SSSR count). The van der Waals surface area contributed by atoms with Crippen molar-refractivity contribution in [3.05, 3.63) is 92.6 Å². The summed E-state index contributed by atoms with van der Waals surface area (Å²) in [5, 5.41) is 14.9. The lowest BCUT2D eigenvalue weighted by Gasteiger charge is -2.32. The van der Waals surface area contributed by atoms with Crippen LogP contribution in [0.15, 0.2) is 76.3 Å². The molecule has 6 nitrogen and oxygen atoms in total. The van der Waals surface area contributed by atoms with Gasteiger partial charge in [-0.1, -0.05) is 60.7 Å². The number of hydrogen-bond acceptors (Lipinski definition) is 5. The minimum atomic E-state index is -1.19. The lowest BCUT2D eigenvalue weighted by atomic mass is 9.82. The van der Waals surface area contributed by atoms with Crippen LogP contribution >= 0.6 is 15.9 Å². The molecule has 0 spiro atoms. The Bertz CT molecular complexity index is 839. The zero-order chi connectivity index (χ0) is 18.6. The van der Waals surface area contributed by atoms with E-state index in [-0.39, 0.29) is 10.8 Å². The van der Waals surface area contributed by atoms with Gasteiger partial charge < -0.3 is 11.1 Å². The Balaban J connectivity index is 1.86. The molecule has 0 fully saturated rings. The molecule has 0 bridgehead atoms. The third-order valence-electron chi connectivity index (χ3n) is 4.26. The van der Waals surface area contributed by atoms with Crippen LogP contribution in [-0.2, 0) is 13.0 Å². The van der Waals surface area contributed by atoms with Gasteiger partial charge in [-0.2, -0.15) is 0 Å². The van der Waals surface area contributed by atoms with Gasteiger partial charge in [0.05, 0.1) is 0 Å². The largest absolute Gasteiger partial charge is 0.364 e. The molecule has 1 aliphatic rings. The summed E-state index contributed by atoms with van der Waals surface area (Å²) in [6.07, 6.45) is 1.96. The van der Waals surface area contributed by atoms with Gasteiger partial charge in [0.1, 0.15) is 10.1 Å². The molecule has 0 aliphatic carbocycles. The lowest BCUT2D eigenvalue weighted by Crippen LogP contribution is -2.62. The summed E-state index contributed by atoms with van der Waals surface area (Å²) >= 11 is 3.35. The third kappa shape index (κ3) is 4.17. The molecular formula is C19H19BrN4O2. The minimum Gasteiger partial charge on any atom is -0.364 e. The van der Waals surface area contributed by atoms with E-state index in [1.165, 1.54) is 0 Å². The number of halogens is 1. The normalized spacial score (nSPS) is 22.3. The average Bonchev–Trinajstić information content (AvgIpc) is 2.60. The molecule has 0 saturated heterocycles. The standard InChI is InChI=1S/C19H19BrN4O2/c20-16-12-19(21,11-14-7-3-1-4-8-14)17(24(25)26)18(23-16)22-13-15-9-5-2-6-10-15/h1-10,12,17H,11,13,21H2,(H,22,23). The quantitative estimate of drug-likeness (QED) is 0.446. The number of nitrogens with two attached hydrogens (primary N) is 1. The number of benzene rings is 2. The van der Waals surface area contributed by atoms with Gasteiger partial charge in [0.25, 0.3) is 6.04 Å². The van der Waals surface area contributed by atoms with E-state index >= 15 is 0 Å². The first-order chi connectivity index (χ1) is 12.5. The van der Waals surface area contributed by atoms with E-state index in [2.05, 4.69) is 26.2 Å². The molecule has 0 amide bonds. The smallest absolute Gasteiger partial charge is 0.290 e. The van der Waals surface area contributed by atoms with Crippen LogP contribution in [0.4, 0.5) is 0 Å². The van der Waals surface area contributed by atoms with Gasteiger partial charge in [-0.3, -0.25) is 10.1 Å². The summed E-state index contributed by atoms with van der Waals surface area (Å²) in [6.45, 7) is 0.436. The van der Waals surface area contributed by atoms with E-state index in [1.807, 2.05) is 60.7 Å². The summed E-state index contributed by atoms with van der Waals surface area (Å²) in [6, 6.07) is 18.0. The predicted octanol–water partition coefficient (Wildman–Crippen LogP) is 3.01. The van der Waals surface area contributed by atoms with Crippen molar-refractivity contribution < 1.29 is 4.92 Å². The lowest BCUT2D eigenvalue weighted by molar-refractivity contribution is -0.511. The van der Waals surface area contributed by atoms with Crippen molar-refractivity contribution in [2.45, 2.75) is 24.5 Å². The Hall–Kier alpha value is -2.51. The highest BCUT2D eigenvalue weighted by Crippen LogP contribution is 2.28. The van der Waals surface area contributed by atoms with Crippen molar-refractivity contribution in [2.24, 2.45) is 10.7 Å². The maximum atomic E-state index is 11.8. The predicted molar refractivity (Wildman–Crippen MR) is 106 cm³/mol. The molecule has 0 aromatic heterocycles. The fraction of sp³-hybridized carbons (Fsp3) is 0.211. The van der Waals surface area contributed by atoms with E-state index in [0.29, 0.717) is 17.6 Å². The summed E-state index contributed by atoms with van der Waals surface area (Å²) in [5.74, 6) is 0.256. The van der Waals surface area contributed by atoms with Crippen LogP contribution in [-0.4, -0.2) is 22.3 Å². The Morgan fingerprint density at radius 2 is 1.69 bits per heavy atom. The number of aliphatic imine (C=N–C) groups is 1. The molecule has 1 heterocycles. The first-order valence-electron chi connectivity index (χ1n) is 8.19. The Morgan fingerprint density at radius 1 is 1.12 bits per heavy atom. The van der Waals surface area contributed by atoms with Crippen LogP contribution in [0.25, 0.3) is 0 Å².